The maximum Gasteiger partial charge on any atom is 0.360 e. The number of carbonyl (C=O) groups excluding carboxylic acids is 1. The maximum absolute atomic E-state index is 11.5. The first-order valence-electron chi connectivity index (χ1n) is 5.39. The van der Waals surface area contributed by atoms with Crippen LogP contribution in [0.5, 0.6) is 0 Å². The predicted molar refractivity (Wildman–Crippen MR) is 66.8 cm³/mol. The van der Waals surface area contributed by atoms with Gasteiger partial charge in [0.05, 0.1) is 22.5 Å². The second-order valence-electron chi connectivity index (χ2n) is 3.63. The van der Waals surface area contributed by atoms with Crippen LogP contribution in [0.25, 0.3) is 6.01 Å². The largest absolute Gasteiger partial charge is 0.461 e. The van der Waals surface area contributed by atoms with Crippen molar-refractivity contribution in [3.63, 3.8) is 0 Å². The molecule has 2 aromatic heterocycles. The molecule has 0 fully saturated rings. The summed E-state index contributed by atoms with van der Waals surface area (Å²) in [5.74, 6) is -0.506. The minimum Gasteiger partial charge on any atom is -0.461 e. The molecule has 0 atom stereocenters. The Bertz CT molecular complexity index is 588. The van der Waals surface area contributed by atoms with Crippen LogP contribution in [-0.2, 0) is 4.74 Å². The fourth-order valence-corrected chi connectivity index (χ4v) is 1.72. The molecular weight excluding hydrogens is 302 g/mol. The predicted octanol–water partition coefficient (Wildman–Crippen LogP) is 2.42. The molecule has 18 heavy (non-hydrogen) atoms. The number of nitrogens with zero attached hydrogens (tertiary/aromatic N) is 3. The number of rotatable bonds is 3. The van der Waals surface area contributed by atoms with E-state index in [0.29, 0.717) is 6.61 Å². The molecule has 0 N–H and O–H groups in total. The molecule has 0 aromatic carbocycles. The van der Waals surface area contributed by atoms with Crippen LogP contribution >= 0.6 is 15.9 Å². The number of carbonyl (C=O) groups is 1. The van der Waals surface area contributed by atoms with Crippen LogP contribution in [0.15, 0.2) is 15.2 Å². The summed E-state index contributed by atoms with van der Waals surface area (Å²) < 4.78 is 12.5. The molecule has 7 heteroatoms. The van der Waals surface area contributed by atoms with E-state index in [1.54, 1.807) is 6.92 Å². The summed E-state index contributed by atoms with van der Waals surface area (Å²) in [5, 5.41) is 4.26. The van der Waals surface area contributed by atoms with Crippen LogP contribution in [-0.4, -0.2) is 27.3 Å². The first-order valence-corrected chi connectivity index (χ1v) is 6.18. The molecule has 0 aliphatic carbocycles. The summed E-state index contributed by atoms with van der Waals surface area (Å²) in [4.78, 5) is 15.5. The van der Waals surface area contributed by atoms with Crippen LogP contribution in [0.3, 0.4) is 0 Å². The smallest absolute Gasteiger partial charge is 0.360 e. The van der Waals surface area contributed by atoms with Gasteiger partial charge in [0, 0.05) is 0 Å². The lowest BCUT2D eigenvalue weighted by Crippen LogP contribution is -2.06. The average molecular weight is 314 g/mol. The van der Waals surface area contributed by atoms with Crippen molar-refractivity contribution in [1.29, 1.82) is 0 Å². The molecule has 2 heterocycles. The molecule has 0 saturated carbocycles. The number of ether oxygens (including phenoxy) is 1. The Balaban J connectivity index is 2.35. The van der Waals surface area contributed by atoms with Gasteiger partial charge in [0.2, 0.25) is 0 Å². The number of esters is 1. The van der Waals surface area contributed by atoms with Gasteiger partial charge in [0.1, 0.15) is 6.26 Å². The van der Waals surface area contributed by atoms with Crippen molar-refractivity contribution in [3.8, 4) is 6.01 Å². The molecule has 0 radical (unpaired) electrons. The van der Waals surface area contributed by atoms with Crippen LogP contribution in [0, 0.1) is 13.8 Å². The van der Waals surface area contributed by atoms with Crippen molar-refractivity contribution < 1.29 is 13.9 Å². The lowest BCUT2D eigenvalue weighted by molar-refractivity contribution is 0.0519. The van der Waals surface area contributed by atoms with E-state index in [2.05, 4.69) is 26.0 Å². The summed E-state index contributed by atoms with van der Waals surface area (Å²) in [5.41, 5.74) is 1.81. The Morgan fingerprint density at radius 1 is 1.56 bits per heavy atom. The van der Waals surface area contributed by atoms with Crippen molar-refractivity contribution in [2.24, 2.45) is 0 Å². The molecule has 96 valence electrons. The van der Waals surface area contributed by atoms with E-state index in [1.807, 2.05) is 13.8 Å². The molecule has 0 aliphatic rings. The van der Waals surface area contributed by atoms with E-state index in [0.717, 1.165) is 15.9 Å². The summed E-state index contributed by atoms with van der Waals surface area (Å²) >= 11 is 3.41. The lowest BCUT2D eigenvalue weighted by atomic mass is 10.4. The highest BCUT2D eigenvalue weighted by atomic mass is 79.9. The van der Waals surface area contributed by atoms with Crippen LogP contribution in [0.4, 0.5) is 0 Å². The van der Waals surface area contributed by atoms with Gasteiger partial charge in [-0.25, -0.2) is 4.79 Å². The third-order valence-corrected chi connectivity index (χ3v) is 3.51. The zero-order chi connectivity index (χ0) is 13.3. The fourth-order valence-electron chi connectivity index (χ4n) is 1.47. The highest BCUT2D eigenvalue weighted by molar-refractivity contribution is 9.10. The van der Waals surface area contributed by atoms with E-state index in [9.17, 15) is 4.79 Å². The normalized spacial score (nSPS) is 10.7. The van der Waals surface area contributed by atoms with E-state index in [1.165, 1.54) is 10.9 Å². The first-order chi connectivity index (χ1) is 8.54. The number of aromatic nitrogens is 3. The van der Waals surface area contributed by atoms with Gasteiger partial charge in [0.15, 0.2) is 5.69 Å². The molecule has 0 bridgehead atoms. The summed E-state index contributed by atoms with van der Waals surface area (Å²) in [6, 6.07) is 0.240. The summed E-state index contributed by atoms with van der Waals surface area (Å²) in [7, 11) is 0. The number of hydrogen-bond acceptors (Lipinski definition) is 5. The highest BCUT2D eigenvalue weighted by Crippen LogP contribution is 2.22. The Hall–Kier alpha value is -1.63. The van der Waals surface area contributed by atoms with E-state index in [4.69, 9.17) is 9.15 Å². The number of oxazole rings is 1. The van der Waals surface area contributed by atoms with Gasteiger partial charge in [-0.2, -0.15) is 14.8 Å². The second-order valence-corrected chi connectivity index (χ2v) is 4.43. The zero-order valence-corrected chi connectivity index (χ0v) is 11.8. The monoisotopic (exact) mass is 313 g/mol. The first kappa shape index (κ1) is 12.8. The molecule has 2 rings (SSSR count). The Labute approximate surface area is 112 Å². The van der Waals surface area contributed by atoms with Gasteiger partial charge < -0.3 is 9.15 Å². The van der Waals surface area contributed by atoms with Gasteiger partial charge in [-0.1, -0.05) is 0 Å². The molecule has 0 amide bonds. The SMILES string of the molecule is CCOC(=O)c1coc(-n2nc(C)c(Br)c2C)n1. The number of aryl methyl sites for hydroxylation is 1. The quantitative estimate of drug-likeness (QED) is 0.814. The average Bonchev–Trinajstić information content (AvgIpc) is 2.91. The van der Waals surface area contributed by atoms with Crippen molar-refractivity contribution in [3.05, 3.63) is 27.8 Å². The van der Waals surface area contributed by atoms with Gasteiger partial charge in [-0.05, 0) is 36.7 Å². The second kappa shape index (κ2) is 4.93. The van der Waals surface area contributed by atoms with E-state index in [-0.39, 0.29) is 11.7 Å². The summed E-state index contributed by atoms with van der Waals surface area (Å²) in [6.45, 7) is 5.77. The Kier molecular flexibility index (Phi) is 3.51. The van der Waals surface area contributed by atoms with Gasteiger partial charge in [-0.15, -0.1) is 0 Å². The molecule has 0 spiro atoms. The highest BCUT2D eigenvalue weighted by Gasteiger charge is 2.18. The van der Waals surface area contributed by atoms with E-state index >= 15 is 0 Å². The summed E-state index contributed by atoms with van der Waals surface area (Å²) in [6.07, 6.45) is 1.26. The third-order valence-electron chi connectivity index (χ3n) is 2.36. The molecular formula is C11H12BrN3O3. The standard InChI is InChI=1S/C11H12BrN3O3/c1-4-17-10(16)8-5-18-11(13-8)15-7(3)9(12)6(2)14-15/h5H,4H2,1-3H3. The Morgan fingerprint density at radius 3 is 2.83 bits per heavy atom. The topological polar surface area (TPSA) is 70.2 Å². The zero-order valence-electron chi connectivity index (χ0n) is 10.2. The molecule has 2 aromatic rings. The van der Waals surface area contributed by atoms with Crippen molar-refractivity contribution in [2.45, 2.75) is 20.8 Å². The molecule has 0 unspecified atom stereocenters. The number of halogens is 1. The molecule has 6 nitrogen and oxygen atoms in total. The van der Waals surface area contributed by atoms with Crippen LogP contribution in [0.1, 0.15) is 28.8 Å². The lowest BCUT2D eigenvalue weighted by Gasteiger charge is -1.97. The Morgan fingerprint density at radius 2 is 2.28 bits per heavy atom. The van der Waals surface area contributed by atoms with Gasteiger partial charge in [-0.3, -0.25) is 0 Å². The molecule has 0 saturated heterocycles. The van der Waals surface area contributed by atoms with Crippen molar-refractivity contribution >= 4 is 21.9 Å². The number of hydrogen-bond donors (Lipinski definition) is 0. The van der Waals surface area contributed by atoms with Crippen molar-refractivity contribution in [2.75, 3.05) is 6.61 Å². The van der Waals surface area contributed by atoms with E-state index < -0.39 is 5.97 Å². The fraction of sp³-hybridized carbons (Fsp3) is 0.364. The minimum atomic E-state index is -0.506. The van der Waals surface area contributed by atoms with Crippen LogP contribution in [0.2, 0.25) is 0 Å². The van der Waals surface area contributed by atoms with Gasteiger partial charge in [0.25, 0.3) is 0 Å². The molecule has 0 aliphatic heterocycles. The van der Waals surface area contributed by atoms with Gasteiger partial charge >= 0.3 is 12.0 Å². The van der Waals surface area contributed by atoms with Crippen molar-refractivity contribution in [1.82, 2.24) is 14.8 Å². The third kappa shape index (κ3) is 2.17. The maximum atomic E-state index is 11.5. The van der Waals surface area contributed by atoms with Crippen LogP contribution < -0.4 is 0 Å². The minimum absolute atomic E-state index is 0.135.